The van der Waals surface area contributed by atoms with E-state index in [9.17, 15) is 24.3 Å². The standard InChI is InChI=1S/C15H18N2O5.C9H17NO.C8H10O.CH4S/c1-15(8-22-15)14(21)12(17-13(20)7-16-9-18)6-10-2-4-11(19)5-3-10;1-2-10-9(11)8-6-4-3-5-7-8;1-7-3-5-8(9-2)6-4-7;1-2/h2-5,9,12,19H,6-8H2,1H3,(H,16,18)(H,17,20);8H,2-7H2,1H3,(H,10,11);3-6H,1-2H3;2H,1H3/t12?,15-;;;/m1.../s1. The number of nitrogens with one attached hydrogen (secondary N) is 3. The van der Waals surface area contributed by atoms with E-state index in [1.165, 1.54) is 37.0 Å². The number of ketones is 1. The molecule has 2 aliphatic rings. The molecule has 0 radical (unpaired) electrons. The van der Waals surface area contributed by atoms with Gasteiger partial charge in [-0.1, -0.05) is 49.1 Å². The van der Waals surface area contributed by atoms with E-state index < -0.39 is 17.6 Å². The van der Waals surface area contributed by atoms with Gasteiger partial charge in [0.15, 0.2) is 5.78 Å². The lowest BCUT2D eigenvalue weighted by atomic mass is 9.89. The van der Waals surface area contributed by atoms with Gasteiger partial charge in [-0.2, -0.15) is 12.6 Å². The second-order valence-corrected chi connectivity index (χ2v) is 10.6. The van der Waals surface area contributed by atoms with E-state index in [2.05, 4.69) is 35.5 Å². The van der Waals surface area contributed by atoms with Crippen LogP contribution in [0, 0.1) is 12.8 Å². The van der Waals surface area contributed by atoms with Crippen molar-refractivity contribution in [2.45, 2.75) is 70.9 Å². The molecule has 2 fully saturated rings. The summed E-state index contributed by atoms with van der Waals surface area (Å²) in [5, 5.41) is 17.0. The smallest absolute Gasteiger partial charge is 0.239 e. The number of aryl methyl sites for hydroxylation is 1. The number of thiol groups is 1. The third-order valence-electron chi connectivity index (χ3n) is 7.06. The lowest BCUT2D eigenvalue weighted by Gasteiger charge is -2.20. The predicted molar refractivity (Wildman–Crippen MR) is 175 cm³/mol. The van der Waals surface area contributed by atoms with Crippen LogP contribution >= 0.6 is 12.6 Å². The van der Waals surface area contributed by atoms with Crippen LogP contribution in [0.4, 0.5) is 0 Å². The van der Waals surface area contributed by atoms with Crippen LogP contribution in [0.5, 0.6) is 11.5 Å². The zero-order valence-electron chi connectivity index (χ0n) is 26.6. The number of benzene rings is 2. The third kappa shape index (κ3) is 14.7. The van der Waals surface area contributed by atoms with Crippen molar-refractivity contribution < 1.29 is 33.8 Å². The van der Waals surface area contributed by atoms with Crippen molar-refractivity contribution in [1.29, 1.82) is 0 Å². The van der Waals surface area contributed by atoms with Crippen molar-refractivity contribution in [3.63, 3.8) is 0 Å². The van der Waals surface area contributed by atoms with Crippen LogP contribution in [0.3, 0.4) is 0 Å². The van der Waals surface area contributed by atoms with Crippen molar-refractivity contribution in [3.05, 3.63) is 59.7 Å². The van der Waals surface area contributed by atoms with Crippen molar-refractivity contribution in [3.8, 4) is 11.5 Å². The summed E-state index contributed by atoms with van der Waals surface area (Å²) in [6.07, 6.45) is 8.39. The molecule has 1 saturated carbocycles. The number of phenols is 1. The summed E-state index contributed by atoms with van der Waals surface area (Å²) in [5.74, 6) is 0.980. The molecule has 1 aliphatic heterocycles. The fourth-order valence-electron chi connectivity index (χ4n) is 4.43. The molecule has 0 spiro atoms. The van der Waals surface area contributed by atoms with E-state index in [0.717, 1.165) is 30.7 Å². The number of carbonyl (C=O) groups excluding carboxylic acids is 4. The van der Waals surface area contributed by atoms with Crippen molar-refractivity contribution in [2.75, 3.05) is 33.1 Å². The number of hydrogen-bond acceptors (Lipinski definition) is 8. The van der Waals surface area contributed by atoms with Gasteiger partial charge in [0, 0.05) is 12.5 Å². The molecule has 2 atom stereocenters. The van der Waals surface area contributed by atoms with E-state index in [4.69, 9.17) is 9.47 Å². The fourth-order valence-corrected chi connectivity index (χ4v) is 4.43. The third-order valence-corrected chi connectivity index (χ3v) is 7.06. The highest BCUT2D eigenvalue weighted by molar-refractivity contribution is 7.79. The molecule has 0 bridgehead atoms. The second kappa shape index (κ2) is 21.2. The summed E-state index contributed by atoms with van der Waals surface area (Å²) < 4.78 is 10.1. The summed E-state index contributed by atoms with van der Waals surface area (Å²) >= 11 is 3.53. The molecule has 2 aromatic rings. The molecule has 1 aliphatic carbocycles. The Bertz CT molecular complexity index is 1130. The number of methoxy groups -OCH3 is 1. The lowest BCUT2D eigenvalue weighted by Crippen LogP contribution is -2.49. The summed E-state index contributed by atoms with van der Waals surface area (Å²) in [7, 11) is 1.67. The fraction of sp³-hybridized carbons (Fsp3) is 0.515. The molecule has 10 nitrogen and oxygen atoms in total. The Morgan fingerprint density at radius 3 is 2.16 bits per heavy atom. The van der Waals surface area contributed by atoms with Crippen LogP contribution in [0.25, 0.3) is 0 Å². The number of rotatable bonds is 11. The van der Waals surface area contributed by atoms with Crippen LogP contribution in [-0.2, 0) is 30.3 Å². The number of epoxide rings is 1. The van der Waals surface area contributed by atoms with E-state index >= 15 is 0 Å². The Balaban J connectivity index is 0.000000365. The molecule has 11 heteroatoms. The summed E-state index contributed by atoms with van der Waals surface area (Å²) in [6, 6.07) is 13.6. The number of phenolic OH excluding ortho intramolecular Hbond substituents is 1. The topological polar surface area (TPSA) is 146 Å². The average molecular weight is 632 g/mol. The first-order chi connectivity index (χ1) is 21.1. The normalized spacial score (nSPS) is 17.3. The average Bonchev–Trinajstić information content (AvgIpc) is 3.81. The Morgan fingerprint density at radius 1 is 1.07 bits per heavy atom. The van der Waals surface area contributed by atoms with Crippen LogP contribution in [-0.4, -0.2) is 73.8 Å². The molecular formula is C33H49N3O7S. The van der Waals surface area contributed by atoms with Crippen LogP contribution in [0.2, 0.25) is 0 Å². The first-order valence-corrected chi connectivity index (χ1v) is 15.8. The quantitative estimate of drug-likeness (QED) is 0.144. The van der Waals surface area contributed by atoms with Crippen molar-refractivity contribution >= 4 is 36.6 Å². The van der Waals surface area contributed by atoms with Gasteiger partial charge in [-0.15, -0.1) is 0 Å². The Kier molecular flexibility index (Phi) is 18.5. The molecule has 4 N–H and O–H groups in total. The van der Waals surface area contributed by atoms with Gasteiger partial charge in [-0.05, 0) is 76.1 Å². The zero-order valence-corrected chi connectivity index (χ0v) is 27.5. The van der Waals surface area contributed by atoms with Crippen LogP contribution in [0.15, 0.2) is 48.5 Å². The zero-order chi connectivity index (χ0) is 33.0. The molecule has 1 saturated heterocycles. The molecule has 1 heterocycles. The highest BCUT2D eigenvalue weighted by Crippen LogP contribution is 2.29. The van der Waals surface area contributed by atoms with Gasteiger partial charge >= 0.3 is 0 Å². The van der Waals surface area contributed by atoms with Gasteiger partial charge in [-0.3, -0.25) is 19.2 Å². The molecule has 2 aromatic carbocycles. The number of ether oxygens (including phenoxy) is 2. The largest absolute Gasteiger partial charge is 0.508 e. The molecule has 44 heavy (non-hydrogen) atoms. The molecular weight excluding hydrogens is 582 g/mol. The Morgan fingerprint density at radius 2 is 1.66 bits per heavy atom. The van der Waals surface area contributed by atoms with Gasteiger partial charge in [0.25, 0.3) is 0 Å². The van der Waals surface area contributed by atoms with Gasteiger partial charge < -0.3 is 30.5 Å². The molecule has 1 unspecified atom stereocenters. The molecule has 3 amide bonds. The van der Waals surface area contributed by atoms with E-state index in [0.29, 0.717) is 18.9 Å². The maximum Gasteiger partial charge on any atom is 0.239 e. The van der Waals surface area contributed by atoms with Crippen LogP contribution in [0.1, 0.15) is 57.1 Å². The number of carbonyl (C=O) groups is 4. The van der Waals surface area contributed by atoms with Crippen molar-refractivity contribution in [1.82, 2.24) is 16.0 Å². The van der Waals surface area contributed by atoms with Gasteiger partial charge in [-0.25, -0.2) is 0 Å². The minimum Gasteiger partial charge on any atom is -0.508 e. The minimum absolute atomic E-state index is 0.128. The van der Waals surface area contributed by atoms with Gasteiger partial charge in [0.05, 0.1) is 26.3 Å². The summed E-state index contributed by atoms with van der Waals surface area (Å²) in [6.45, 7) is 6.62. The van der Waals surface area contributed by atoms with Gasteiger partial charge in [0.1, 0.15) is 17.1 Å². The molecule has 244 valence electrons. The van der Waals surface area contributed by atoms with E-state index in [-0.39, 0.29) is 30.4 Å². The first-order valence-electron chi connectivity index (χ1n) is 14.9. The summed E-state index contributed by atoms with van der Waals surface area (Å²) in [5.41, 5.74) is 1.20. The summed E-state index contributed by atoms with van der Waals surface area (Å²) in [4.78, 5) is 45.7. The maximum atomic E-state index is 12.4. The lowest BCUT2D eigenvalue weighted by molar-refractivity contribution is -0.130. The number of Topliss-reactive ketones (excluding diaryl/α,β-unsaturated/α-hetero) is 1. The number of aromatic hydroxyl groups is 1. The van der Waals surface area contributed by atoms with Gasteiger partial charge in [0.2, 0.25) is 18.2 Å². The maximum absolute atomic E-state index is 12.4. The van der Waals surface area contributed by atoms with E-state index in [1.807, 2.05) is 31.2 Å². The van der Waals surface area contributed by atoms with Crippen LogP contribution < -0.4 is 20.7 Å². The van der Waals surface area contributed by atoms with E-state index in [1.54, 1.807) is 32.4 Å². The highest BCUT2D eigenvalue weighted by atomic mass is 32.1. The Labute approximate surface area is 267 Å². The number of amides is 3. The Hall–Kier alpha value is -3.57. The first kappa shape index (κ1) is 38.5. The monoisotopic (exact) mass is 631 g/mol. The minimum atomic E-state index is -0.854. The van der Waals surface area contributed by atoms with Crippen molar-refractivity contribution in [2.24, 2.45) is 5.92 Å². The highest BCUT2D eigenvalue weighted by Gasteiger charge is 2.50. The SMILES string of the molecule is CCNC(=O)C1CCCCC1.COc1ccc(C)cc1.CS.C[C@]1(C(=O)C(Cc2ccc(O)cc2)NC(=O)CNC=O)CO1. The molecule has 0 aromatic heterocycles. The molecule has 4 rings (SSSR count). The second-order valence-electron chi connectivity index (χ2n) is 10.6. The predicted octanol–water partition coefficient (Wildman–Crippen LogP) is 3.78. The number of hydrogen-bond donors (Lipinski definition) is 5.